The lowest BCUT2D eigenvalue weighted by Gasteiger charge is -2.10. The Kier molecular flexibility index (Phi) is 4.34. The molecule has 0 aliphatic heterocycles. The minimum absolute atomic E-state index is 0.0637. The van der Waals surface area contributed by atoms with E-state index in [0.717, 1.165) is 22.5 Å². The topological polar surface area (TPSA) is 72.5 Å². The van der Waals surface area contributed by atoms with Crippen LogP contribution in [0.3, 0.4) is 0 Å². The minimum Gasteiger partial charge on any atom is -0.465 e. The molecule has 0 radical (unpaired) electrons. The van der Waals surface area contributed by atoms with E-state index in [2.05, 4.69) is 9.46 Å². The molecule has 1 aromatic heterocycles. The molecular formula is C14H15NO4S2. The number of ether oxygens (including phenoxy) is 1. The third kappa shape index (κ3) is 3.25. The second-order valence-electron chi connectivity index (χ2n) is 4.51. The molecule has 0 amide bonds. The summed E-state index contributed by atoms with van der Waals surface area (Å²) in [5.74, 6) is -0.662. The molecule has 21 heavy (non-hydrogen) atoms. The van der Waals surface area contributed by atoms with Gasteiger partial charge in [0, 0.05) is 5.69 Å². The highest BCUT2D eigenvalue weighted by Gasteiger charge is 2.24. The van der Waals surface area contributed by atoms with E-state index >= 15 is 0 Å². The number of sulfonamides is 1. The number of benzene rings is 1. The van der Waals surface area contributed by atoms with E-state index in [4.69, 9.17) is 0 Å². The fourth-order valence-electron chi connectivity index (χ4n) is 1.77. The SMILES string of the molecule is COC(=O)c1sccc1S(=O)(=O)Nc1ccc(C)c(C)c1. The normalized spacial score (nSPS) is 11.2. The van der Waals surface area contributed by atoms with Gasteiger partial charge in [-0.2, -0.15) is 0 Å². The second kappa shape index (κ2) is 5.87. The lowest BCUT2D eigenvalue weighted by atomic mass is 10.1. The molecule has 0 saturated heterocycles. The molecule has 0 aliphatic rings. The van der Waals surface area contributed by atoms with Gasteiger partial charge in [0.25, 0.3) is 10.0 Å². The predicted octanol–water partition coefficient (Wildman–Crippen LogP) is 2.95. The van der Waals surface area contributed by atoms with Gasteiger partial charge in [-0.15, -0.1) is 11.3 Å². The van der Waals surface area contributed by atoms with E-state index in [-0.39, 0.29) is 9.77 Å². The van der Waals surface area contributed by atoms with Crippen LogP contribution in [0.1, 0.15) is 20.8 Å². The van der Waals surface area contributed by atoms with Gasteiger partial charge >= 0.3 is 5.97 Å². The molecule has 0 aliphatic carbocycles. The van der Waals surface area contributed by atoms with E-state index in [1.165, 1.54) is 13.2 Å². The summed E-state index contributed by atoms with van der Waals surface area (Å²) in [6, 6.07) is 6.66. The first-order valence-corrected chi connectivity index (χ1v) is 8.47. The van der Waals surface area contributed by atoms with E-state index in [1.807, 2.05) is 19.9 Å². The smallest absolute Gasteiger partial charge is 0.349 e. The summed E-state index contributed by atoms with van der Waals surface area (Å²) in [6.45, 7) is 3.85. The first-order chi connectivity index (χ1) is 9.85. The molecule has 0 bridgehead atoms. The number of thiophene rings is 1. The van der Waals surface area contributed by atoms with Crippen LogP contribution in [0.25, 0.3) is 0 Å². The molecule has 2 rings (SSSR count). The summed E-state index contributed by atoms with van der Waals surface area (Å²) >= 11 is 1.03. The van der Waals surface area contributed by atoms with Crippen molar-refractivity contribution in [3.63, 3.8) is 0 Å². The number of carbonyl (C=O) groups excluding carboxylic acids is 1. The number of nitrogens with one attached hydrogen (secondary N) is 1. The highest BCUT2D eigenvalue weighted by atomic mass is 32.2. The molecule has 7 heteroatoms. The van der Waals surface area contributed by atoms with Gasteiger partial charge in [0.2, 0.25) is 0 Å². The minimum atomic E-state index is -3.83. The Bertz CT molecular complexity index is 778. The van der Waals surface area contributed by atoms with Crippen LogP contribution in [0.2, 0.25) is 0 Å². The molecule has 1 aromatic carbocycles. The Balaban J connectivity index is 2.37. The molecule has 2 aromatic rings. The zero-order valence-electron chi connectivity index (χ0n) is 11.8. The highest BCUT2D eigenvalue weighted by Crippen LogP contribution is 2.25. The Hall–Kier alpha value is -1.86. The number of esters is 1. The molecule has 1 N–H and O–H groups in total. The molecule has 0 unspecified atom stereocenters. The number of rotatable bonds is 4. The average Bonchev–Trinajstić information content (AvgIpc) is 2.92. The molecule has 0 atom stereocenters. The number of hydrogen-bond donors (Lipinski definition) is 1. The zero-order chi connectivity index (χ0) is 15.6. The van der Waals surface area contributed by atoms with Crippen LogP contribution in [0.15, 0.2) is 34.5 Å². The largest absolute Gasteiger partial charge is 0.465 e. The van der Waals surface area contributed by atoms with Gasteiger partial charge in [-0.1, -0.05) is 6.07 Å². The fourth-order valence-corrected chi connectivity index (χ4v) is 4.15. The van der Waals surface area contributed by atoms with E-state index in [1.54, 1.807) is 17.5 Å². The maximum absolute atomic E-state index is 12.4. The Morgan fingerprint density at radius 3 is 2.52 bits per heavy atom. The van der Waals surface area contributed by atoms with E-state index in [0.29, 0.717) is 5.69 Å². The van der Waals surface area contributed by atoms with Crippen LogP contribution in [-0.4, -0.2) is 21.5 Å². The maximum atomic E-state index is 12.4. The summed E-state index contributed by atoms with van der Waals surface area (Å²) in [7, 11) is -2.61. The Morgan fingerprint density at radius 2 is 1.90 bits per heavy atom. The number of hydrogen-bond acceptors (Lipinski definition) is 5. The van der Waals surface area contributed by atoms with Crippen LogP contribution >= 0.6 is 11.3 Å². The number of anilines is 1. The van der Waals surface area contributed by atoms with Crippen molar-refractivity contribution in [3.8, 4) is 0 Å². The third-order valence-corrected chi connectivity index (χ3v) is 5.50. The van der Waals surface area contributed by atoms with Crippen molar-refractivity contribution in [1.82, 2.24) is 0 Å². The van der Waals surface area contributed by atoms with Gasteiger partial charge in [-0.25, -0.2) is 13.2 Å². The van der Waals surface area contributed by atoms with Crippen molar-refractivity contribution in [2.45, 2.75) is 18.7 Å². The lowest BCUT2D eigenvalue weighted by Crippen LogP contribution is -2.15. The molecule has 1 heterocycles. The molecule has 0 spiro atoms. The van der Waals surface area contributed by atoms with Crippen molar-refractivity contribution in [1.29, 1.82) is 0 Å². The summed E-state index contributed by atoms with van der Waals surface area (Å²) in [5.41, 5.74) is 2.51. The highest BCUT2D eigenvalue weighted by molar-refractivity contribution is 7.93. The Morgan fingerprint density at radius 1 is 1.19 bits per heavy atom. The lowest BCUT2D eigenvalue weighted by molar-refractivity contribution is 0.0602. The van der Waals surface area contributed by atoms with Crippen molar-refractivity contribution >= 4 is 33.0 Å². The summed E-state index contributed by atoms with van der Waals surface area (Å²) < 4.78 is 31.8. The average molecular weight is 325 g/mol. The van der Waals surface area contributed by atoms with E-state index < -0.39 is 16.0 Å². The van der Waals surface area contributed by atoms with Gasteiger partial charge in [-0.05, 0) is 48.6 Å². The van der Waals surface area contributed by atoms with Crippen molar-refractivity contribution < 1.29 is 17.9 Å². The van der Waals surface area contributed by atoms with Crippen molar-refractivity contribution in [2.24, 2.45) is 0 Å². The first-order valence-electron chi connectivity index (χ1n) is 6.11. The van der Waals surface area contributed by atoms with Crippen LogP contribution in [-0.2, 0) is 14.8 Å². The fraction of sp³-hybridized carbons (Fsp3) is 0.214. The van der Waals surface area contributed by atoms with Crippen molar-refractivity contribution in [2.75, 3.05) is 11.8 Å². The monoisotopic (exact) mass is 325 g/mol. The van der Waals surface area contributed by atoms with Gasteiger partial charge in [0.05, 0.1) is 7.11 Å². The zero-order valence-corrected chi connectivity index (χ0v) is 13.5. The van der Waals surface area contributed by atoms with Gasteiger partial charge in [0.1, 0.15) is 9.77 Å². The van der Waals surface area contributed by atoms with Gasteiger partial charge in [-0.3, -0.25) is 4.72 Å². The number of methoxy groups -OCH3 is 1. The second-order valence-corrected chi connectivity index (χ2v) is 7.08. The first kappa shape index (κ1) is 15.5. The third-order valence-electron chi connectivity index (χ3n) is 3.05. The van der Waals surface area contributed by atoms with Crippen LogP contribution in [0.5, 0.6) is 0 Å². The van der Waals surface area contributed by atoms with Gasteiger partial charge < -0.3 is 4.74 Å². The summed E-state index contributed by atoms with van der Waals surface area (Å²) in [6.07, 6.45) is 0. The quantitative estimate of drug-likeness (QED) is 0.877. The molecule has 5 nitrogen and oxygen atoms in total. The number of carbonyl (C=O) groups is 1. The van der Waals surface area contributed by atoms with Gasteiger partial charge in [0.15, 0.2) is 0 Å². The molecule has 0 saturated carbocycles. The standard InChI is InChI=1S/C14H15NO4S2/c1-9-4-5-11(8-10(9)2)15-21(17,18)12-6-7-20-13(12)14(16)19-3/h4-8,15H,1-3H3. The maximum Gasteiger partial charge on any atom is 0.349 e. The van der Waals surface area contributed by atoms with Crippen LogP contribution in [0.4, 0.5) is 5.69 Å². The molecule has 0 fully saturated rings. The number of aryl methyl sites for hydroxylation is 2. The summed E-state index contributed by atoms with van der Waals surface area (Å²) in [5, 5.41) is 1.54. The predicted molar refractivity (Wildman–Crippen MR) is 82.4 cm³/mol. The van der Waals surface area contributed by atoms with Crippen LogP contribution < -0.4 is 4.72 Å². The van der Waals surface area contributed by atoms with Crippen LogP contribution in [0, 0.1) is 13.8 Å². The van der Waals surface area contributed by atoms with Crippen molar-refractivity contribution in [3.05, 3.63) is 45.6 Å². The molecule has 112 valence electrons. The van der Waals surface area contributed by atoms with E-state index in [9.17, 15) is 13.2 Å². The Labute approximate surface area is 127 Å². The molecular weight excluding hydrogens is 310 g/mol. The summed E-state index contributed by atoms with van der Waals surface area (Å²) in [4.78, 5) is 11.6.